The molecule has 3 fully saturated rings. The van der Waals surface area contributed by atoms with Crippen molar-refractivity contribution in [1.82, 2.24) is 15.1 Å². The molecule has 2 aromatic heterocycles. The molecule has 7 nitrogen and oxygen atoms in total. The first-order valence-electron chi connectivity index (χ1n) is 13.5. The molecule has 190 valence electrons. The van der Waals surface area contributed by atoms with E-state index in [2.05, 4.69) is 15.5 Å². The Labute approximate surface area is 216 Å². The van der Waals surface area contributed by atoms with Gasteiger partial charge in [-0.05, 0) is 76.0 Å². The van der Waals surface area contributed by atoms with E-state index in [0.717, 1.165) is 81.0 Å². The number of unbranched alkanes of at least 4 members (excludes halogenated alkanes) is 2. The van der Waals surface area contributed by atoms with Crippen LogP contribution in [-0.4, -0.2) is 40.8 Å². The number of hydrogen-bond donors (Lipinski definition) is 0. The third-order valence-corrected chi connectivity index (χ3v) is 8.33. The fraction of sp³-hybridized carbons (Fsp3) is 0.571. The molecule has 0 bridgehead atoms. The molecule has 2 saturated carbocycles. The van der Waals surface area contributed by atoms with Crippen LogP contribution in [0.1, 0.15) is 86.1 Å². The van der Waals surface area contributed by atoms with Crippen molar-refractivity contribution < 1.29 is 14.1 Å². The second-order valence-corrected chi connectivity index (χ2v) is 11.4. The molecule has 1 unspecified atom stereocenters. The van der Waals surface area contributed by atoms with Crippen molar-refractivity contribution in [1.29, 1.82) is 0 Å². The van der Waals surface area contributed by atoms with Gasteiger partial charge in [-0.3, -0.25) is 4.79 Å². The van der Waals surface area contributed by atoms with Crippen LogP contribution in [0.4, 0.5) is 5.69 Å². The van der Waals surface area contributed by atoms with Crippen LogP contribution in [0, 0.1) is 5.92 Å². The Kier molecular flexibility index (Phi) is 7.14. The summed E-state index contributed by atoms with van der Waals surface area (Å²) in [7, 11) is 0. The van der Waals surface area contributed by atoms with E-state index in [1.54, 1.807) is 11.3 Å². The molecule has 0 spiro atoms. The van der Waals surface area contributed by atoms with Gasteiger partial charge in [-0.25, -0.2) is 4.98 Å². The second-order valence-electron chi connectivity index (χ2n) is 10.4. The topological polar surface area (TPSA) is 81.4 Å². The number of aryl methyl sites for hydroxylation is 1. The zero-order valence-electron chi connectivity index (χ0n) is 20.7. The number of ether oxygens (including phenoxy) is 1. The molecule has 1 saturated heterocycles. The quantitative estimate of drug-likeness (QED) is 0.291. The number of hydrogen-bond acceptors (Lipinski definition) is 7. The van der Waals surface area contributed by atoms with Crippen molar-refractivity contribution in [3.05, 3.63) is 46.2 Å². The van der Waals surface area contributed by atoms with Gasteiger partial charge < -0.3 is 14.2 Å². The molecule has 1 aliphatic heterocycles. The normalized spacial score (nSPS) is 19.9. The number of thiazole rings is 1. The third kappa shape index (κ3) is 5.70. The predicted octanol–water partition coefficient (Wildman–Crippen LogP) is 6.12. The summed E-state index contributed by atoms with van der Waals surface area (Å²) in [6.45, 7) is 1.96. The molecule has 8 heteroatoms. The Morgan fingerprint density at radius 3 is 2.75 bits per heavy atom. The Hall–Kier alpha value is -2.58. The summed E-state index contributed by atoms with van der Waals surface area (Å²) in [5, 5.41) is 7.65. The molecule has 6 rings (SSSR count). The molecular weight excluding hydrogens is 472 g/mol. The Morgan fingerprint density at radius 1 is 1.06 bits per heavy atom. The van der Waals surface area contributed by atoms with Gasteiger partial charge in [0, 0.05) is 41.6 Å². The fourth-order valence-corrected chi connectivity index (χ4v) is 5.84. The molecule has 3 aromatic rings. The van der Waals surface area contributed by atoms with Crippen LogP contribution in [0.25, 0.3) is 11.5 Å². The van der Waals surface area contributed by atoms with Gasteiger partial charge in [0.1, 0.15) is 0 Å². The highest BCUT2D eigenvalue weighted by Gasteiger charge is 2.30. The second kappa shape index (κ2) is 10.8. The number of anilines is 1. The Balaban J connectivity index is 1.11. The van der Waals surface area contributed by atoms with Gasteiger partial charge in [0.15, 0.2) is 5.82 Å². The number of aromatic nitrogens is 3. The van der Waals surface area contributed by atoms with E-state index in [0.29, 0.717) is 25.0 Å². The van der Waals surface area contributed by atoms with Crippen LogP contribution in [0.2, 0.25) is 0 Å². The fourth-order valence-electron chi connectivity index (χ4n) is 4.92. The van der Waals surface area contributed by atoms with Gasteiger partial charge in [0.25, 0.3) is 5.89 Å². The predicted molar refractivity (Wildman–Crippen MR) is 139 cm³/mol. The Morgan fingerprint density at radius 2 is 1.94 bits per heavy atom. The minimum Gasteiger partial charge on any atom is -0.381 e. The van der Waals surface area contributed by atoms with E-state index in [1.165, 1.54) is 23.5 Å². The number of carbonyl (C=O) groups excluding carboxylic acids is 1. The number of rotatable bonds is 11. The van der Waals surface area contributed by atoms with E-state index >= 15 is 0 Å². The SMILES string of the molecule is O=C(C1CCCOC1)N(CCCCCc1nc(C2CC2)cs1)c1cccc(-c2nc(C3CC3)no2)c1. The highest BCUT2D eigenvalue weighted by atomic mass is 32.1. The lowest BCUT2D eigenvalue weighted by Crippen LogP contribution is -2.40. The first-order chi connectivity index (χ1) is 17.7. The summed E-state index contributed by atoms with van der Waals surface area (Å²) in [5.74, 6) is 2.57. The molecule has 2 aliphatic carbocycles. The maximum Gasteiger partial charge on any atom is 0.258 e. The zero-order chi connectivity index (χ0) is 24.3. The number of amides is 1. The molecule has 36 heavy (non-hydrogen) atoms. The standard InChI is InChI=1S/C28H34N4O3S/c33-28(22-7-5-15-34-17-22)32(14-3-1-2-9-25-29-24(18-36-25)19-10-11-19)23-8-4-6-21(16-23)27-30-26(31-35-27)20-12-13-20/h4,6,8,16,18-20,22H,1-3,5,7,9-15,17H2. The maximum atomic E-state index is 13.6. The van der Waals surface area contributed by atoms with Crippen molar-refractivity contribution >= 4 is 22.9 Å². The lowest BCUT2D eigenvalue weighted by molar-refractivity contribution is -0.126. The lowest BCUT2D eigenvalue weighted by atomic mass is 9.99. The van der Waals surface area contributed by atoms with Gasteiger partial charge in [-0.1, -0.05) is 17.6 Å². The van der Waals surface area contributed by atoms with Crippen molar-refractivity contribution in [3.63, 3.8) is 0 Å². The van der Waals surface area contributed by atoms with Gasteiger partial charge in [-0.15, -0.1) is 11.3 Å². The van der Waals surface area contributed by atoms with E-state index in [4.69, 9.17) is 14.2 Å². The van der Waals surface area contributed by atoms with Gasteiger partial charge in [0.05, 0.1) is 23.2 Å². The van der Waals surface area contributed by atoms with Crippen molar-refractivity contribution in [2.75, 3.05) is 24.7 Å². The van der Waals surface area contributed by atoms with Crippen LogP contribution in [0.15, 0.2) is 34.2 Å². The summed E-state index contributed by atoms with van der Waals surface area (Å²) in [4.78, 5) is 25.0. The van der Waals surface area contributed by atoms with Crippen LogP contribution in [0.3, 0.4) is 0 Å². The smallest absolute Gasteiger partial charge is 0.258 e. The van der Waals surface area contributed by atoms with Gasteiger partial charge >= 0.3 is 0 Å². The van der Waals surface area contributed by atoms with Gasteiger partial charge in [-0.2, -0.15) is 4.98 Å². The first-order valence-corrected chi connectivity index (χ1v) is 14.4. The monoisotopic (exact) mass is 506 g/mol. The zero-order valence-corrected chi connectivity index (χ0v) is 21.5. The highest BCUT2D eigenvalue weighted by Crippen LogP contribution is 2.40. The van der Waals surface area contributed by atoms with Gasteiger partial charge in [0.2, 0.25) is 5.91 Å². The molecule has 0 radical (unpaired) electrons. The number of benzene rings is 1. The van der Waals surface area contributed by atoms with E-state index in [-0.39, 0.29) is 11.8 Å². The molecule has 0 N–H and O–H groups in total. The van der Waals surface area contributed by atoms with Crippen LogP contribution < -0.4 is 4.90 Å². The van der Waals surface area contributed by atoms with Crippen LogP contribution >= 0.6 is 11.3 Å². The average molecular weight is 507 g/mol. The van der Waals surface area contributed by atoms with Crippen molar-refractivity contribution in [2.24, 2.45) is 5.92 Å². The van der Waals surface area contributed by atoms with Crippen molar-refractivity contribution in [2.45, 2.75) is 76.0 Å². The molecule has 1 atom stereocenters. The minimum atomic E-state index is -0.0801. The first kappa shape index (κ1) is 23.8. The molecule has 3 aliphatic rings. The van der Waals surface area contributed by atoms with E-state index in [1.807, 2.05) is 29.2 Å². The van der Waals surface area contributed by atoms with Crippen molar-refractivity contribution in [3.8, 4) is 11.5 Å². The highest BCUT2D eigenvalue weighted by molar-refractivity contribution is 7.09. The summed E-state index contributed by atoms with van der Waals surface area (Å²) in [6, 6.07) is 7.98. The summed E-state index contributed by atoms with van der Waals surface area (Å²) < 4.78 is 11.2. The maximum absolute atomic E-state index is 13.6. The summed E-state index contributed by atoms with van der Waals surface area (Å²) >= 11 is 1.80. The van der Waals surface area contributed by atoms with Crippen LogP contribution in [0.5, 0.6) is 0 Å². The summed E-state index contributed by atoms with van der Waals surface area (Å²) in [5.41, 5.74) is 3.05. The van der Waals surface area contributed by atoms with Crippen LogP contribution in [-0.2, 0) is 16.0 Å². The lowest BCUT2D eigenvalue weighted by Gasteiger charge is -2.29. The molecule has 1 amide bonds. The molecule has 1 aromatic carbocycles. The minimum absolute atomic E-state index is 0.0801. The molecular formula is C28H34N4O3S. The van der Waals surface area contributed by atoms with E-state index < -0.39 is 0 Å². The average Bonchev–Trinajstić information content (AvgIpc) is 3.86. The van der Waals surface area contributed by atoms with E-state index in [9.17, 15) is 4.79 Å². The third-order valence-electron chi connectivity index (χ3n) is 7.40. The largest absolute Gasteiger partial charge is 0.381 e. The Bertz CT molecular complexity index is 1180. The number of carbonyl (C=O) groups is 1. The summed E-state index contributed by atoms with van der Waals surface area (Å²) in [6.07, 6.45) is 10.8. The number of nitrogens with zero attached hydrogens (tertiary/aromatic N) is 4. The molecule has 3 heterocycles.